The summed E-state index contributed by atoms with van der Waals surface area (Å²) < 4.78 is 0. The topological polar surface area (TPSA) is 0 Å². The van der Waals surface area contributed by atoms with E-state index in [0.717, 1.165) is 0 Å². The Bertz CT molecular complexity index is 3070. The monoisotopic (exact) mass is 672 g/mol. The van der Waals surface area contributed by atoms with E-state index in [2.05, 4.69) is 196 Å². The Morgan fingerprint density at radius 2 is 0.811 bits per heavy atom. The summed E-state index contributed by atoms with van der Waals surface area (Å²) >= 11 is 0. The van der Waals surface area contributed by atoms with Crippen molar-refractivity contribution in [2.24, 2.45) is 0 Å². The fourth-order valence-corrected chi connectivity index (χ4v) is 9.53. The molecule has 0 heterocycles. The Labute approximate surface area is 310 Å². The van der Waals surface area contributed by atoms with Crippen molar-refractivity contribution in [3.8, 4) is 55.6 Å². The molecule has 0 heteroatoms. The molecular weight excluding hydrogens is 637 g/mol. The van der Waals surface area contributed by atoms with Crippen LogP contribution in [-0.4, -0.2) is 0 Å². The van der Waals surface area contributed by atoms with Gasteiger partial charge in [-0.3, -0.25) is 0 Å². The quantitative estimate of drug-likeness (QED) is 0.163. The molecule has 0 atom stereocenters. The van der Waals surface area contributed by atoms with Crippen LogP contribution in [0.3, 0.4) is 0 Å². The SMILES string of the molecule is CC1(C)c2cc(-c3ccccc3-c3cccc(-c4ccc5ccc6c(-c7ccccc7)ccc7ccc4c5c76)c3)ccc2-c2ccc3ccccc3c21. The van der Waals surface area contributed by atoms with Crippen LogP contribution < -0.4 is 0 Å². The standard InChI is InChI=1S/C53H36/c1-53(2)49-32-39(24-27-45(49)48-30-19-34-13-6-7-18-44(34)52(48)53)41-17-9-8-16-40(41)37-14-10-15-38(31-37)43-26-21-36-22-28-46-42(33-11-4-3-5-12-33)25-20-35-23-29-47(43)51(36)50(35)46/h3-32H,1-2H3. The van der Waals surface area contributed by atoms with Crippen LogP contribution in [0.15, 0.2) is 182 Å². The molecule has 53 heavy (non-hydrogen) atoms. The molecule has 248 valence electrons. The van der Waals surface area contributed by atoms with Crippen LogP contribution in [0.1, 0.15) is 25.0 Å². The van der Waals surface area contributed by atoms with Gasteiger partial charge in [0.1, 0.15) is 0 Å². The number of rotatable bonds is 4. The molecule has 0 spiro atoms. The first-order chi connectivity index (χ1) is 26.0. The maximum Gasteiger partial charge on any atom is 0.0165 e. The molecule has 0 fully saturated rings. The Morgan fingerprint density at radius 3 is 1.53 bits per heavy atom. The van der Waals surface area contributed by atoms with Gasteiger partial charge < -0.3 is 0 Å². The van der Waals surface area contributed by atoms with E-state index < -0.39 is 0 Å². The van der Waals surface area contributed by atoms with Gasteiger partial charge in [0.15, 0.2) is 0 Å². The van der Waals surface area contributed by atoms with Gasteiger partial charge in [0.2, 0.25) is 0 Å². The molecular formula is C53H36. The van der Waals surface area contributed by atoms with Gasteiger partial charge in [0.25, 0.3) is 0 Å². The van der Waals surface area contributed by atoms with Gasteiger partial charge in [-0.15, -0.1) is 0 Å². The molecule has 0 N–H and O–H groups in total. The van der Waals surface area contributed by atoms with Crippen LogP contribution in [0.5, 0.6) is 0 Å². The zero-order valence-corrected chi connectivity index (χ0v) is 29.8. The highest BCUT2D eigenvalue weighted by Crippen LogP contribution is 2.52. The molecule has 1 aliphatic rings. The minimum absolute atomic E-state index is 0.104. The minimum Gasteiger partial charge on any atom is -0.0622 e. The summed E-state index contributed by atoms with van der Waals surface area (Å²) in [5, 5.41) is 10.5. The van der Waals surface area contributed by atoms with Crippen molar-refractivity contribution < 1.29 is 0 Å². The van der Waals surface area contributed by atoms with Crippen LogP contribution in [0.25, 0.3) is 98.7 Å². The Hall–Kier alpha value is -6.50. The third-order valence-electron chi connectivity index (χ3n) is 12.0. The van der Waals surface area contributed by atoms with Crippen molar-refractivity contribution in [1.29, 1.82) is 0 Å². The van der Waals surface area contributed by atoms with Crippen LogP contribution >= 0.6 is 0 Å². The lowest BCUT2D eigenvalue weighted by Crippen LogP contribution is -2.15. The lowest BCUT2D eigenvalue weighted by Gasteiger charge is -2.24. The third-order valence-corrected chi connectivity index (χ3v) is 12.0. The first-order valence-electron chi connectivity index (χ1n) is 18.7. The van der Waals surface area contributed by atoms with Crippen molar-refractivity contribution in [2.75, 3.05) is 0 Å². The lowest BCUT2D eigenvalue weighted by atomic mass is 9.79. The number of hydrogen-bond donors (Lipinski definition) is 0. The molecule has 0 aliphatic heterocycles. The first-order valence-corrected chi connectivity index (χ1v) is 18.7. The summed E-state index contributed by atoms with van der Waals surface area (Å²) in [7, 11) is 0. The Morgan fingerprint density at radius 1 is 0.302 bits per heavy atom. The second-order valence-electron chi connectivity index (χ2n) is 15.2. The number of hydrogen-bond acceptors (Lipinski definition) is 0. The molecule has 0 aromatic heterocycles. The molecule has 10 aromatic carbocycles. The molecule has 10 aromatic rings. The van der Waals surface area contributed by atoms with Gasteiger partial charge in [0.05, 0.1) is 0 Å². The summed E-state index contributed by atoms with van der Waals surface area (Å²) in [4.78, 5) is 0. The van der Waals surface area contributed by atoms with E-state index in [1.54, 1.807) is 0 Å². The van der Waals surface area contributed by atoms with E-state index in [1.807, 2.05) is 0 Å². The van der Waals surface area contributed by atoms with E-state index in [4.69, 9.17) is 0 Å². The second-order valence-corrected chi connectivity index (χ2v) is 15.2. The first kappa shape index (κ1) is 30.2. The minimum atomic E-state index is -0.104. The predicted octanol–water partition coefficient (Wildman–Crippen LogP) is 14.7. The van der Waals surface area contributed by atoms with Gasteiger partial charge in [-0.2, -0.15) is 0 Å². The van der Waals surface area contributed by atoms with Crippen molar-refractivity contribution in [3.05, 3.63) is 193 Å². The van der Waals surface area contributed by atoms with Crippen LogP contribution in [0.2, 0.25) is 0 Å². The van der Waals surface area contributed by atoms with E-state index >= 15 is 0 Å². The molecule has 0 saturated heterocycles. The van der Waals surface area contributed by atoms with E-state index in [0.29, 0.717) is 0 Å². The second kappa shape index (κ2) is 11.2. The summed E-state index contributed by atoms with van der Waals surface area (Å²) in [6.07, 6.45) is 0. The van der Waals surface area contributed by atoms with E-state index in [9.17, 15) is 0 Å². The zero-order chi connectivity index (χ0) is 35.3. The average Bonchev–Trinajstić information content (AvgIpc) is 3.45. The van der Waals surface area contributed by atoms with Crippen molar-refractivity contribution in [2.45, 2.75) is 19.3 Å². The maximum absolute atomic E-state index is 2.46. The van der Waals surface area contributed by atoms with Gasteiger partial charge >= 0.3 is 0 Å². The van der Waals surface area contributed by atoms with Crippen molar-refractivity contribution in [3.63, 3.8) is 0 Å². The molecule has 1 aliphatic carbocycles. The predicted molar refractivity (Wildman–Crippen MR) is 227 cm³/mol. The highest BCUT2D eigenvalue weighted by Gasteiger charge is 2.37. The Balaban J connectivity index is 1.04. The van der Waals surface area contributed by atoms with Crippen LogP contribution in [-0.2, 0) is 5.41 Å². The molecule has 0 bridgehead atoms. The highest BCUT2D eigenvalue weighted by atomic mass is 14.4. The summed E-state index contributed by atoms with van der Waals surface area (Å²) in [6.45, 7) is 4.78. The van der Waals surface area contributed by atoms with Gasteiger partial charge in [-0.25, -0.2) is 0 Å². The Kier molecular flexibility index (Phi) is 6.40. The zero-order valence-electron chi connectivity index (χ0n) is 29.8. The fourth-order valence-electron chi connectivity index (χ4n) is 9.53. The molecule has 0 saturated carbocycles. The molecule has 0 radical (unpaired) electrons. The molecule has 0 unspecified atom stereocenters. The maximum atomic E-state index is 2.46. The third kappa shape index (κ3) is 4.42. The molecule has 0 amide bonds. The average molecular weight is 673 g/mol. The molecule has 11 rings (SSSR count). The van der Waals surface area contributed by atoms with Gasteiger partial charge in [-0.05, 0) is 122 Å². The van der Waals surface area contributed by atoms with Gasteiger partial charge in [0, 0.05) is 5.41 Å². The van der Waals surface area contributed by atoms with Crippen LogP contribution in [0.4, 0.5) is 0 Å². The summed E-state index contributed by atoms with van der Waals surface area (Å²) in [5.41, 5.74) is 15.5. The van der Waals surface area contributed by atoms with Crippen molar-refractivity contribution >= 4 is 43.1 Å². The molecule has 0 nitrogen and oxygen atoms in total. The summed E-state index contributed by atoms with van der Waals surface area (Å²) in [5.74, 6) is 0. The van der Waals surface area contributed by atoms with Crippen molar-refractivity contribution in [1.82, 2.24) is 0 Å². The van der Waals surface area contributed by atoms with E-state index in [-0.39, 0.29) is 5.41 Å². The smallest absolute Gasteiger partial charge is 0.0165 e. The highest BCUT2D eigenvalue weighted by molar-refractivity contribution is 6.27. The lowest BCUT2D eigenvalue weighted by molar-refractivity contribution is 0.666. The van der Waals surface area contributed by atoms with Crippen LogP contribution in [0, 0.1) is 0 Å². The van der Waals surface area contributed by atoms with Gasteiger partial charge in [-0.1, -0.05) is 184 Å². The fraction of sp³-hybridized carbons (Fsp3) is 0.0566. The normalized spacial score (nSPS) is 13.2. The largest absolute Gasteiger partial charge is 0.0622 e. The summed E-state index contributed by atoms with van der Waals surface area (Å²) in [6, 6.07) is 67.8. The van der Waals surface area contributed by atoms with E-state index in [1.165, 1.54) is 110 Å². The number of fused-ring (bicyclic) bond motifs is 5. The number of benzene rings is 10.